The van der Waals surface area contributed by atoms with Crippen molar-refractivity contribution in [1.29, 1.82) is 0 Å². The van der Waals surface area contributed by atoms with Gasteiger partial charge in [-0.15, -0.1) is 0 Å². The van der Waals surface area contributed by atoms with Gasteiger partial charge < -0.3 is 15.4 Å². The highest BCUT2D eigenvalue weighted by Gasteiger charge is 2.14. The highest BCUT2D eigenvalue weighted by atomic mass is 16.5. The van der Waals surface area contributed by atoms with Gasteiger partial charge in [-0.25, -0.2) is 0 Å². The molecule has 1 fully saturated rings. The number of rotatable bonds is 5. The molecule has 2 N–H and O–H groups in total. The maximum atomic E-state index is 4.90. The molecular formula is C7H16N2O. The fraction of sp³-hybridized carbons (Fsp3) is 1.00. The SMILES string of the molecule is COCCNCC1CNC1. The second-order valence-corrected chi connectivity index (χ2v) is 2.72. The van der Waals surface area contributed by atoms with E-state index in [9.17, 15) is 0 Å². The molecule has 0 unspecified atom stereocenters. The van der Waals surface area contributed by atoms with Crippen molar-refractivity contribution in [3.8, 4) is 0 Å². The van der Waals surface area contributed by atoms with E-state index < -0.39 is 0 Å². The monoisotopic (exact) mass is 144 g/mol. The molecule has 3 heteroatoms. The summed E-state index contributed by atoms with van der Waals surface area (Å²) in [4.78, 5) is 0. The van der Waals surface area contributed by atoms with Crippen molar-refractivity contribution in [3.63, 3.8) is 0 Å². The molecule has 0 aromatic heterocycles. The maximum Gasteiger partial charge on any atom is 0.0587 e. The molecule has 0 spiro atoms. The fourth-order valence-electron chi connectivity index (χ4n) is 0.973. The van der Waals surface area contributed by atoms with E-state index in [4.69, 9.17) is 4.74 Å². The van der Waals surface area contributed by atoms with E-state index in [1.165, 1.54) is 13.1 Å². The van der Waals surface area contributed by atoms with Gasteiger partial charge in [0.15, 0.2) is 0 Å². The topological polar surface area (TPSA) is 33.3 Å². The standard InChI is InChI=1S/C7H16N2O/c1-10-3-2-8-4-7-5-9-6-7/h7-9H,2-6H2,1H3. The molecule has 0 saturated carbocycles. The molecule has 1 aliphatic heterocycles. The van der Waals surface area contributed by atoms with Crippen LogP contribution in [-0.4, -0.2) is 39.9 Å². The summed E-state index contributed by atoms with van der Waals surface area (Å²) in [5.74, 6) is 0.858. The Labute approximate surface area is 62.1 Å². The van der Waals surface area contributed by atoms with Crippen LogP contribution >= 0.6 is 0 Å². The van der Waals surface area contributed by atoms with Gasteiger partial charge in [-0.3, -0.25) is 0 Å². The Bertz CT molecular complexity index is 83.7. The Morgan fingerprint density at radius 2 is 2.40 bits per heavy atom. The minimum Gasteiger partial charge on any atom is -0.383 e. The van der Waals surface area contributed by atoms with E-state index >= 15 is 0 Å². The van der Waals surface area contributed by atoms with Gasteiger partial charge in [-0.05, 0) is 5.92 Å². The van der Waals surface area contributed by atoms with Crippen LogP contribution < -0.4 is 10.6 Å². The van der Waals surface area contributed by atoms with Crippen LogP contribution in [0.2, 0.25) is 0 Å². The van der Waals surface area contributed by atoms with Gasteiger partial charge in [0.1, 0.15) is 0 Å². The van der Waals surface area contributed by atoms with Gasteiger partial charge in [-0.2, -0.15) is 0 Å². The number of nitrogens with one attached hydrogen (secondary N) is 2. The van der Waals surface area contributed by atoms with Crippen molar-refractivity contribution >= 4 is 0 Å². The van der Waals surface area contributed by atoms with Gasteiger partial charge in [-0.1, -0.05) is 0 Å². The van der Waals surface area contributed by atoms with E-state index in [0.717, 1.165) is 25.6 Å². The molecule has 1 aliphatic rings. The first-order valence-corrected chi connectivity index (χ1v) is 3.84. The van der Waals surface area contributed by atoms with Crippen molar-refractivity contribution in [2.24, 2.45) is 5.92 Å². The van der Waals surface area contributed by atoms with E-state index in [1.807, 2.05) is 0 Å². The Morgan fingerprint density at radius 1 is 1.60 bits per heavy atom. The zero-order chi connectivity index (χ0) is 7.23. The lowest BCUT2D eigenvalue weighted by Crippen LogP contribution is -2.47. The molecule has 0 aromatic rings. The third-order valence-corrected chi connectivity index (χ3v) is 1.78. The second kappa shape index (κ2) is 4.66. The number of methoxy groups -OCH3 is 1. The van der Waals surface area contributed by atoms with E-state index in [2.05, 4.69) is 10.6 Å². The Morgan fingerprint density at radius 3 is 2.90 bits per heavy atom. The fourth-order valence-corrected chi connectivity index (χ4v) is 0.973. The van der Waals surface area contributed by atoms with Crippen LogP contribution in [0.3, 0.4) is 0 Å². The van der Waals surface area contributed by atoms with E-state index in [-0.39, 0.29) is 0 Å². The molecule has 60 valence electrons. The second-order valence-electron chi connectivity index (χ2n) is 2.72. The average Bonchev–Trinajstić information content (AvgIpc) is 1.84. The van der Waals surface area contributed by atoms with E-state index in [0.29, 0.717) is 0 Å². The molecule has 0 amide bonds. The molecule has 0 aliphatic carbocycles. The van der Waals surface area contributed by atoms with Crippen molar-refractivity contribution in [1.82, 2.24) is 10.6 Å². The van der Waals surface area contributed by atoms with Crippen LogP contribution in [0.5, 0.6) is 0 Å². The highest BCUT2D eigenvalue weighted by molar-refractivity contribution is 4.76. The lowest BCUT2D eigenvalue weighted by molar-refractivity contribution is 0.195. The largest absolute Gasteiger partial charge is 0.383 e. The van der Waals surface area contributed by atoms with Crippen LogP contribution in [0, 0.1) is 5.92 Å². The zero-order valence-corrected chi connectivity index (χ0v) is 6.52. The van der Waals surface area contributed by atoms with Gasteiger partial charge in [0.25, 0.3) is 0 Å². The van der Waals surface area contributed by atoms with Gasteiger partial charge >= 0.3 is 0 Å². The van der Waals surface area contributed by atoms with Crippen molar-refractivity contribution in [2.75, 3.05) is 39.9 Å². The number of hydrogen-bond donors (Lipinski definition) is 2. The molecule has 1 heterocycles. The predicted octanol–water partition coefficient (Wildman–Crippen LogP) is -0.558. The van der Waals surface area contributed by atoms with Gasteiger partial charge in [0, 0.05) is 33.3 Å². The smallest absolute Gasteiger partial charge is 0.0587 e. The summed E-state index contributed by atoms with van der Waals surface area (Å²) in [6.07, 6.45) is 0. The van der Waals surface area contributed by atoms with Crippen LogP contribution in [0.1, 0.15) is 0 Å². The van der Waals surface area contributed by atoms with Crippen molar-refractivity contribution in [3.05, 3.63) is 0 Å². The van der Waals surface area contributed by atoms with Gasteiger partial charge in [0.05, 0.1) is 6.61 Å². The predicted molar refractivity (Wildman–Crippen MR) is 41.1 cm³/mol. The Kier molecular flexibility index (Phi) is 3.72. The van der Waals surface area contributed by atoms with Crippen LogP contribution in [0.15, 0.2) is 0 Å². The Hall–Kier alpha value is -0.120. The van der Waals surface area contributed by atoms with Crippen molar-refractivity contribution < 1.29 is 4.74 Å². The molecule has 0 aromatic carbocycles. The summed E-state index contributed by atoms with van der Waals surface area (Å²) in [6.45, 7) is 5.30. The normalized spacial score (nSPS) is 18.9. The minimum absolute atomic E-state index is 0.820. The summed E-state index contributed by atoms with van der Waals surface area (Å²) in [6, 6.07) is 0. The summed E-state index contributed by atoms with van der Waals surface area (Å²) in [5.41, 5.74) is 0. The highest BCUT2D eigenvalue weighted by Crippen LogP contribution is 1.98. The molecule has 1 saturated heterocycles. The lowest BCUT2D eigenvalue weighted by atomic mass is 10.0. The minimum atomic E-state index is 0.820. The zero-order valence-electron chi connectivity index (χ0n) is 6.52. The third-order valence-electron chi connectivity index (χ3n) is 1.78. The first-order valence-electron chi connectivity index (χ1n) is 3.84. The van der Waals surface area contributed by atoms with Gasteiger partial charge in [0.2, 0.25) is 0 Å². The molecule has 3 nitrogen and oxygen atoms in total. The summed E-state index contributed by atoms with van der Waals surface area (Å²) < 4.78 is 4.90. The molecule has 0 bridgehead atoms. The number of hydrogen-bond acceptors (Lipinski definition) is 3. The first kappa shape index (κ1) is 7.98. The summed E-state index contributed by atoms with van der Waals surface area (Å²) >= 11 is 0. The number of ether oxygens (including phenoxy) is 1. The average molecular weight is 144 g/mol. The maximum absolute atomic E-state index is 4.90. The first-order chi connectivity index (χ1) is 4.93. The molecular weight excluding hydrogens is 128 g/mol. The molecule has 1 rings (SSSR count). The summed E-state index contributed by atoms with van der Waals surface area (Å²) in [7, 11) is 1.73. The van der Waals surface area contributed by atoms with Crippen LogP contribution in [0.4, 0.5) is 0 Å². The molecule has 0 radical (unpaired) electrons. The molecule has 10 heavy (non-hydrogen) atoms. The quantitative estimate of drug-likeness (QED) is 0.508. The lowest BCUT2D eigenvalue weighted by Gasteiger charge is -2.27. The van der Waals surface area contributed by atoms with Crippen molar-refractivity contribution in [2.45, 2.75) is 0 Å². The Balaban J connectivity index is 1.76. The molecule has 0 atom stereocenters. The van der Waals surface area contributed by atoms with Crippen LogP contribution in [0.25, 0.3) is 0 Å². The van der Waals surface area contributed by atoms with E-state index in [1.54, 1.807) is 7.11 Å². The van der Waals surface area contributed by atoms with Crippen LogP contribution in [-0.2, 0) is 4.74 Å². The third kappa shape index (κ3) is 2.64. The summed E-state index contributed by atoms with van der Waals surface area (Å²) in [5, 5.41) is 6.55.